The minimum absolute atomic E-state index is 0.196. The minimum Gasteiger partial charge on any atom is -0.481 e. The van der Waals surface area contributed by atoms with Crippen molar-refractivity contribution >= 4 is 11.6 Å². The van der Waals surface area contributed by atoms with Gasteiger partial charge < -0.3 is 10.1 Å². The number of para-hydroxylation sites is 1. The van der Waals surface area contributed by atoms with Crippen molar-refractivity contribution < 1.29 is 9.53 Å². The molecule has 2 rings (SSSR count). The zero-order valence-corrected chi connectivity index (χ0v) is 13.6. The normalized spacial score (nSPS) is 11.4. The van der Waals surface area contributed by atoms with Crippen LogP contribution in [0.1, 0.15) is 30.5 Å². The van der Waals surface area contributed by atoms with Gasteiger partial charge in [0, 0.05) is 5.69 Å². The van der Waals surface area contributed by atoms with Gasteiger partial charge >= 0.3 is 0 Å². The number of aryl methyl sites for hydroxylation is 2. The fourth-order valence-corrected chi connectivity index (χ4v) is 2.29. The van der Waals surface area contributed by atoms with Crippen LogP contribution in [0.15, 0.2) is 42.5 Å². The summed E-state index contributed by atoms with van der Waals surface area (Å²) in [4.78, 5) is 12.4. The molecule has 0 aliphatic carbocycles. The lowest BCUT2D eigenvalue weighted by Gasteiger charge is -2.17. The van der Waals surface area contributed by atoms with E-state index in [0.717, 1.165) is 23.2 Å². The van der Waals surface area contributed by atoms with Gasteiger partial charge in [-0.3, -0.25) is 4.79 Å². The molecule has 118 valence electrons. The standard InChI is InChI=1S/C19H20N2O2/c1-4-16-7-5-6-13(2)18(16)21-19(22)14(3)23-17-10-8-15(12-20)9-11-17/h5-11,14H,4H2,1-3H3,(H,21,22)/t14-/m1/s1. The second-order valence-corrected chi connectivity index (χ2v) is 5.35. The second kappa shape index (κ2) is 7.46. The molecule has 2 aromatic rings. The van der Waals surface area contributed by atoms with Crippen LogP contribution in [0.4, 0.5) is 5.69 Å². The summed E-state index contributed by atoms with van der Waals surface area (Å²) >= 11 is 0. The first kappa shape index (κ1) is 16.6. The highest BCUT2D eigenvalue weighted by Gasteiger charge is 2.17. The van der Waals surface area contributed by atoms with Gasteiger partial charge in [0.15, 0.2) is 6.10 Å². The van der Waals surface area contributed by atoms with Crippen LogP contribution < -0.4 is 10.1 Å². The molecule has 0 saturated heterocycles. The summed E-state index contributed by atoms with van der Waals surface area (Å²) in [5, 5.41) is 11.7. The smallest absolute Gasteiger partial charge is 0.265 e. The van der Waals surface area contributed by atoms with Crippen molar-refractivity contribution in [3.63, 3.8) is 0 Å². The van der Waals surface area contributed by atoms with Crippen LogP contribution in [-0.2, 0) is 11.2 Å². The number of hydrogen-bond donors (Lipinski definition) is 1. The Morgan fingerprint density at radius 1 is 1.26 bits per heavy atom. The van der Waals surface area contributed by atoms with Crippen molar-refractivity contribution in [3.05, 3.63) is 59.2 Å². The van der Waals surface area contributed by atoms with E-state index in [2.05, 4.69) is 12.2 Å². The van der Waals surface area contributed by atoms with E-state index in [0.29, 0.717) is 11.3 Å². The Labute approximate surface area is 136 Å². The fourth-order valence-electron chi connectivity index (χ4n) is 2.29. The van der Waals surface area contributed by atoms with Gasteiger partial charge in [-0.15, -0.1) is 0 Å². The molecule has 0 heterocycles. The van der Waals surface area contributed by atoms with Crippen LogP contribution in [0.2, 0.25) is 0 Å². The first-order valence-electron chi connectivity index (χ1n) is 7.61. The lowest BCUT2D eigenvalue weighted by molar-refractivity contribution is -0.122. The third kappa shape index (κ3) is 4.10. The number of ether oxygens (including phenoxy) is 1. The fraction of sp³-hybridized carbons (Fsp3) is 0.263. The molecule has 0 saturated carbocycles. The number of carbonyl (C=O) groups is 1. The van der Waals surface area contributed by atoms with Gasteiger partial charge in [0.2, 0.25) is 0 Å². The highest BCUT2D eigenvalue weighted by molar-refractivity contribution is 5.95. The lowest BCUT2D eigenvalue weighted by Crippen LogP contribution is -2.30. The van der Waals surface area contributed by atoms with Crippen LogP contribution >= 0.6 is 0 Å². The molecule has 0 radical (unpaired) electrons. The van der Waals surface area contributed by atoms with E-state index < -0.39 is 6.10 Å². The van der Waals surface area contributed by atoms with Crippen LogP contribution in [-0.4, -0.2) is 12.0 Å². The van der Waals surface area contributed by atoms with Crippen LogP contribution in [0.5, 0.6) is 5.75 Å². The number of amides is 1. The quantitative estimate of drug-likeness (QED) is 0.913. The van der Waals surface area contributed by atoms with Gasteiger partial charge in [-0.05, 0) is 55.7 Å². The molecule has 23 heavy (non-hydrogen) atoms. The number of nitrogens with zero attached hydrogens (tertiary/aromatic N) is 1. The average Bonchev–Trinajstić information content (AvgIpc) is 2.57. The third-order valence-electron chi connectivity index (χ3n) is 3.65. The highest BCUT2D eigenvalue weighted by Crippen LogP contribution is 2.22. The summed E-state index contributed by atoms with van der Waals surface area (Å²) in [6.45, 7) is 5.74. The van der Waals surface area contributed by atoms with Gasteiger partial charge in [0.25, 0.3) is 5.91 Å². The minimum atomic E-state index is -0.632. The van der Waals surface area contributed by atoms with Gasteiger partial charge in [0.05, 0.1) is 11.6 Å². The molecule has 0 bridgehead atoms. The summed E-state index contributed by atoms with van der Waals surface area (Å²) < 4.78 is 5.64. The second-order valence-electron chi connectivity index (χ2n) is 5.35. The van der Waals surface area contributed by atoms with Crippen molar-refractivity contribution in [1.29, 1.82) is 5.26 Å². The van der Waals surface area contributed by atoms with E-state index >= 15 is 0 Å². The van der Waals surface area contributed by atoms with E-state index in [1.165, 1.54) is 0 Å². The molecule has 4 nitrogen and oxygen atoms in total. The van der Waals surface area contributed by atoms with Crippen molar-refractivity contribution in [2.24, 2.45) is 0 Å². The van der Waals surface area contributed by atoms with Crippen molar-refractivity contribution in [2.75, 3.05) is 5.32 Å². The molecular weight excluding hydrogens is 288 g/mol. The van der Waals surface area contributed by atoms with Gasteiger partial charge in [-0.2, -0.15) is 5.26 Å². The first-order chi connectivity index (χ1) is 11.0. The number of anilines is 1. The van der Waals surface area contributed by atoms with E-state index in [1.807, 2.05) is 31.2 Å². The SMILES string of the molecule is CCc1cccc(C)c1NC(=O)[C@@H](C)Oc1ccc(C#N)cc1. The summed E-state index contributed by atoms with van der Waals surface area (Å²) in [6.07, 6.45) is 0.217. The predicted molar refractivity (Wildman–Crippen MR) is 90.4 cm³/mol. The maximum absolute atomic E-state index is 12.4. The van der Waals surface area contributed by atoms with Crippen molar-refractivity contribution in [1.82, 2.24) is 0 Å². The largest absolute Gasteiger partial charge is 0.481 e. The Balaban J connectivity index is 2.07. The molecule has 0 spiro atoms. The van der Waals surface area contributed by atoms with Gasteiger partial charge in [-0.1, -0.05) is 25.1 Å². The topological polar surface area (TPSA) is 62.1 Å². The number of nitrogens with one attached hydrogen (secondary N) is 1. The molecule has 0 aliphatic heterocycles. The molecule has 4 heteroatoms. The predicted octanol–water partition coefficient (Wildman–Crippen LogP) is 3.84. The number of hydrogen-bond acceptors (Lipinski definition) is 3. The maximum atomic E-state index is 12.4. The van der Waals surface area contributed by atoms with E-state index in [9.17, 15) is 4.79 Å². The summed E-state index contributed by atoms with van der Waals surface area (Å²) in [7, 11) is 0. The van der Waals surface area contributed by atoms with E-state index in [4.69, 9.17) is 10.00 Å². The number of benzene rings is 2. The number of rotatable bonds is 5. The zero-order valence-electron chi connectivity index (χ0n) is 13.6. The number of nitriles is 1. The number of carbonyl (C=O) groups excluding carboxylic acids is 1. The Morgan fingerprint density at radius 2 is 1.96 bits per heavy atom. The molecule has 0 fully saturated rings. The molecule has 2 aromatic carbocycles. The summed E-state index contributed by atoms with van der Waals surface area (Å²) in [5.41, 5.74) is 3.55. The molecular formula is C19H20N2O2. The maximum Gasteiger partial charge on any atom is 0.265 e. The monoisotopic (exact) mass is 308 g/mol. The highest BCUT2D eigenvalue weighted by atomic mass is 16.5. The molecule has 1 amide bonds. The van der Waals surface area contributed by atoms with Gasteiger partial charge in [0.1, 0.15) is 5.75 Å². The summed E-state index contributed by atoms with van der Waals surface area (Å²) in [6, 6.07) is 14.7. The Morgan fingerprint density at radius 3 is 2.57 bits per heavy atom. The lowest BCUT2D eigenvalue weighted by atomic mass is 10.1. The van der Waals surface area contributed by atoms with Crippen molar-refractivity contribution in [2.45, 2.75) is 33.3 Å². The van der Waals surface area contributed by atoms with Crippen LogP contribution in [0.25, 0.3) is 0 Å². The van der Waals surface area contributed by atoms with E-state index in [-0.39, 0.29) is 5.91 Å². The molecule has 1 atom stereocenters. The first-order valence-corrected chi connectivity index (χ1v) is 7.61. The molecule has 1 N–H and O–H groups in total. The van der Waals surface area contributed by atoms with Crippen LogP contribution in [0, 0.1) is 18.3 Å². The van der Waals surface area contributed by atoms with Crippen molar-refractivity contribution in [3.8, 4) is 11.8 Å². The Bertz CT molecular complexity index is 730. The van der Waals surface area contributed by atoms with E-state index in [1.54, 1.807) is 31.2 Å². The molecule has 0 aromatic heterocycles. The molecule has 0 unspecified atom stereocenters. The Kier molecular flexibility index (Phi) is 5.37. The average molecular weight is 308 g/mol. The van der Waals surface area contributed by atoms with Crippen LogP contribution in [0.3, 0.4) is 0 Å². The summed E-state index contributed by atoms with van der Waals surface area (Å²) in [5.74, 6) is 0.366. The molecule has 0 aliphatic rings. The Hall–Kier alpha value is -2.80. The third-order valence-corrected chi connectivity index (χ3v) is 3.65. The zero-order chi connectivity index (χ0) is 16.8. The van der Waals surface area contributed by atoms with Gasteiger partial charge in [-0.25, -0.2) is 0 Å².